The highest BCUT2D eigenvalue weighted by Crippen LogP contribution is 2.24. The number of nitrogens with one attached hydrogen (secondary N) is 1. The molecule has 1 aliphatic heterocycles. The zero-order valence-electron chi connectivity index (χ0n) is 14.9. The van der Waals surface area contributed by atoms with Gasteiger partial charge in [-0.25, -0.2) is 0 Å². The van der Waals surface area contributed by atoms with Gasteiger partial charge in [0.1, 0.15) is 0 Å². The van der Waals surface area contributed by atoms with E-state index in [1.54, 1.807) is 4.90 Å². The van der Waals surface area contributed by atoms with Crippen LogP contribution in [0, 0.1) is 12.8 Å². The Balaban J connectivity index is 1.89. The third-order valence-electron chi connectivity index (χ3n) is 4.44. The number of rotatable bonds is 6. The van der Waals surface area contributed by atoms with E-state index in [1.807, 2.05) is 12.1 Å². The Bertz CT molecular complexity index is 565. The van der Waals surface area contributed by atoms with Crippen molar-refractivity contribution in [1.29, 1.82) is 0 Å². The fourth-order valence-corrected chi connectivity index (χ4v) is 2.98. The minimum Gasteiger partial charge on any atom is -0.378 e. The van der Waals surface area contributed by atoms with Gasteiger partial charge in [-0.2, -0.15) is 0 Å². The quantitative estimate of drug-likeness (QED) is 0.870. The van der Waals surface area contributed by atoms with E-state index in [0.29, 0.717) is 26.3 Å². The molecule has 0 spiro atoms. The molecule has 0 aliphatic carbocycles. The second kappa shape index (κ2) is 8.83. The van der Waals surface area contributed by atoms with Crippen molar-refractivity contribution in [1.82, 2.24) is 10.2 Å². The molecule has 1 aromatic carbocycles. The van der Waals surface area contributed by atoms with Crippen LogP contribution in [0.3, 0.4) is 0 Å². The predicted molar refractivity (Wildman–Crippen MR) is 93.5 cm³/mol. The maximum Gasteiger partial charge on any atom is 0.223 e. The van der Waals surface area contributed by atoms with Gasteiger partial charge in [-0.15, -0.1) is 0 Å². The summed E-state index contributed by atoms with van der Waals surface area (Å²) in [6.07, 6.45) is 0.482. The molecular formula is C19H28N2O3. The van der Waals surface area contributed by atoms with E-state index in [4.69, 9.17) is 4.74 Å². The maximum atomic E-state index is 12.3. The highest BCUT2D eigenvalue weighted by atomic mass is 16.5. The van der Waals surface area contributed by atoms with Gasteiger partial charge in [0.25, 0.3) is 0 Å². The molecule has 0 saturated carbocycles. The molecule has 2 amide bonds. The number of nitrogens with zero attached hydrogens (tertiary/aromatic N) is 1. The third-order valence-corrected chi connectivity index (χ3v) is 4.44. The van der Waals surface area contributed by atoms with Gasteiger partial charge in [-0.3, -0.25) is 9.59 Å². The predicted octanol–water partition coefficient (Wildman–Crippen LogP) is 2.45. The molecule has 1 aromatic rings. The fraction of sp³-hybridized carbons (Fsp3) is 0.579. The fourth-order valence-electron chi connectivity index (χ4n) is 2.98. The molecular weight excluding hydrogens is 304 g/mol. The average molecular weight is 332 g/mol. The first-order valence-corrected chi connectivity index (χ1v) is 8.69. The number of morpholine rings is 1. The molecule has 1 N–H and O–H groups in total. The molecule has 1 heterocycles. The van der Waals surface area contributed by atoms with E-state index < -0.39 is 0 Å². The van der Waals surface area contributed by atoms with Crippen molar-refractivity contribution in [3.8, 4) is 0 Å². The van der Waals surface area contributed by atoms with Crippen LogP contribution in [0.1, 0.15) is 43.9 Å². The van der Waals surface area contributed by atoms with Crippen LogP contribution >= 0.6 is 0 Å². The van der Waals surface area contributed by atoms with Crippen molar-refractivity contribution in [2.45, 2.75) is 39.7 Å². The molecule has 1 atom stereocenters. The Labute approximate surface area is 144 Å². The van der Waals surface area contributed by atoms with Crippen LogP contribution in [0.5, 0.6) is 0 Å². The first-order chi connectivity index (χ1) is 11.5. The van der Waals surface area contributed by atoms with Gasteiger partial charge in [0.05, 0.1) is 19.3 Å². The molecule has 1 aliphatic rings. The minimum absolute atomic E-state index is 0.0304. The summed E-state index contributed by atoms with van der Waals surface area (Å²) in [5.41, 5.74) is 2.31. The van der Waals surface area contributed by atoms with E-state index >= 15 is 0 Å². The molecule has 0 aromatic heterocycles. The van der Waals surface area contributed by atoms with E-state index in [-0.39, 0.29) is 36.6 Å². The first kappa shape index (κ1) is 18.5. The topological polar surface area (TPSA) is 58.6 Å². The van der Waals surface area contributed by atoms with Crippen LogP contribution < -0.4 is 5.32 Å². The lowest BCUT2D eigenvalue weighted by atomic mass is 9.92. The molecule has 132 valence electrons. The molecule has 5 nitrogen and oxygen atoms in total. The molecule has 1 saturated heterocycles. The normalized spacial score (nSPS) is 16.1. The molecule has 1 unspecified atom stereocenters. The number of benzene rings is 1. The standard InChI is InChI=1S/C19H28N2O3/c1-14(2)19(16-7-5-4-6-15(16)3)20-17(22)8-9-18(23)21-10-12-24-13-11-21/h4-7,14,19H,8-13H2,1-3H3,(H,20,22). The lowest BCUT2D eigenvalue weighted by molar-refractivity contribution is -0.137. The Morgan fingerprint density at radius 1 is 1.17 bits per heavy atom. The Morgan fingerprint density at radius 3 is 2.46 bits per heavy atom. The summed E-state index contributed by atoms with van der Waals surface area (Å²) >= 11 is 0. The highest BCUT2D eigenvalue weighted by molar-refractivity contribution is 5.84. The molecule has 5 heteroatoms. The van der Waals surface area contributed by atoms with Crippen LogP contribution in [-0.2, 0) is 14.3 Å². The van der Waals surface area contributed by atoms with Crippen LogP contribution in [0.25, 0.3) is 0 Å². The van der Waals surface area contributed by atoms with E-state index in [1.165, 1.54) is 5.56 Å². The molecule has 0 bridgehead atoms. The Morgan fingerprint density at radius 2 is 1.83 bits per heavy atom. The largest absolute Gasteiger partial charge is 0.378 e. The van der Waals surface area contributed by atoms with Crippen molar-refractivity contribution in [3.05, 3.63) is 35.4 Å². The van der Waals surface area contributed by atoms with Gasteiger partial charge in [-0.05, 0) is 24.0 Å². The van der Waals surface area contributed by atoms with Crippen LogP contribution in [-0.4, -0.2) is 43.0 Å². The summed E-state index contributed by atoms with van der Waals surface area (Å²) in [7, 11) is 0. The number of aryl methyl sites for hydroxylation is 1. The molecule has 1 fully saturated rings. The van der Waals surface area contributed by atoms with Crippen molar-refractivity contribution < 1.29 is 14.3 Å². The van der Waals surface area contributed by atoms with E-state index in [0.717, 1.165) is 5.56 Å². The van der Waals surface area contributed by atoms with Crippen molar-refractivity contribution >= 4 is 11.8 Å². The van der Waals surface area contributed by atoms with Gasteiger partial charge in [-0.1, -0.05) is 38.1 Å². The Hall–Kier alpha value is -1.88. The zero-order chi connectivity index (χ0) is 17.5. The second-order valence-electron chi connectivity index (χ2n) is 6.64. The number of carbonyl (C=O) groups is 2. The monoisotopic (exact) mass is 332 g/mol. The summed E-state index contributed by atoms with van der Waals surface area (Å²) in [5.74, 6) is 0.244. The SMILES string of the molecule is Cc1ccccc1C(NC(=O)CCC(=O)N1CCOCC1)C(C)C. The van der Waals surface area contributed by atoms with Crippen LogP contribution in [0.2, 0.25) is 0 Å². The smallest absolute Gasteiger partial charge is 0.223 e. The molecule has 24 heavy (non-hydrogen) atoms. The summed E-state index contributed by atoms with van der Waals surface area (Å²) in [6.45, 7) is 8.66. The van der Waals surface area contributed by atoms with Crippen molar-refractivity contribution in [2.75, 3.05) is 26.3 Å². The minimum atomic E-state index is -0.0708. The molecule has 0 radical (unpaired) electrons. The molecule has 2 rings (SSSR count). The number of hydrogen-bond donors (Lipinski definition) is 1. The Kier molecular flexibility index (Phi) is 6.79. The number of amides is 2. The zero-order valence-corrected chi connectivity index (χ0v) is 14.9. The third kappa shape index (κ3) is 5.06. The highest BCUT2D eigenvalue weighted by Gasteiger charge is 2.21. The summed E-state index contributed by atoms with van der Waals surface area (Å²) < 4.78 is 5.24. The number of hydrogen-bond acceptors (Lipinski definition) is 3. The van der Waals surface area contributed by atoms with Gasteiger partial charge in [0, 0.05) is 25.9 Å². The van der Waals surface area contributed by atoms with Gasteiger partial charge >= 0.3 is 0 Å². The second-order valence-corrected chi connectivity index (χ2v) is 6.64. The van der Waals surface area contributed by atoms with Crippen LogP contribution in [0.4, 0.5) is 0 Å². The van der Waals surface area contributed by atoms with Crippen LogP contribution in [0.15, 0.2) is 24.3 Å². The summed E-state index contributed by atoms with van der Waals surface area (Å²) in [6, 6.07) is 8.07. The van der Waals surface area contributed by atoms with Gasteiger partial charge < -0.3 is 15.0 Å². The number of ether oxygens (including phenoxy) is 1. The average Bonchev–Trinajstić information content (AvgIpc) is 2.59. The lowest BCUT2D eigenvalue weighted by Crippen LogP contribution is -2.41. The van der Waals surface area contributed by atoms with Gasteiger partial charge in [0.15, 0.2) is 0 Å². The van der Waals surface area contributed by atoms with E-state index in [2.05, 4.69) is 38.2 Å². The maximum absolute atomic E-state index is 12.3. The summed E-state index contributed by atoms with van der Waals surface area (Å²) in [5, 5.41) is 3.10. The summed E-state index contributed by atoms with van der Waals surface area (Å²) in [4.78, 5) is 26.2. The first-order valence-electron chi connectivity index (χ1n) is 8.69. The van der Waals surface area contributed by atoms with Crippen molar-refractivity contribution in [3.63, 3.8) is 0 Å². The van der Waals surface area contributed by atoms with E-state index in [9.17, 15) is 9.59 Å². The number of carbonyl (C=O) groups excluding carboxylic acids is 2. The van der Waals surface area contributed by atoms with Crippen molar-refractivity contribution in [2.24, 2.45) is 5.92 Å². The van der Waals surface area contributed by atoms with Gasteiger partial charge in [0.2, 0.25) is 11.8 Å². The lowest BCUT2D eigenvalue weighted by Gasteiger charge is -2.27.